The zero-order valence-corrected chi connectivity index (χ0v) is 12.4. The van der Waals surface area contributed by atoms with E-state index < -0.39 is 0 Å². The second kappa shape index (κ2) is 6.31. The number of halogens is 1. The molecule has 0 aromatic heterocycles. The maximum Gasteiger partial charge on any atom is 0.124 e. The quantitative estimate of drug-likeness (QED) is 0.896. The zero-order chi connectivity index (χ0) is 14.5. The van der Waals surface area contributed by atoms with Crippen LogP contribution in [0.4, 0.5) is 5.69 Å². The summed E-state index contributed by atoms with van der Waals surface area (Å²) in [4.78, 5) is 0. The van der Waals surface area contributed by atoms with Crippen molar-refractivity contribution in [1.82, 2.24) is 0 Å². The molecule has 0 spiro atoms. The molecular weight excluding hydrogens is 320 g/mol. The van der Waals surface area contributed by atoms with Gasteiger partial charge in [-0.1, -0.05) is 15.9 Å². The van der Waals surface area contributed by atoms with Crippen LogP contribution in [0.3, 0.4) is 0 Å². The Labute approximate surface area is 125 Å². The summed E-state index contributed by atoms with van der Waals surface area (Å²) in [5.74, 6) is 0.764. The van der Waals surface area contributed by atoms with Gasteiger partial charge < -0.3 is 15.2 Å². The van der Waals surface area contributed by atoms with Crippen molar-refractivity contribution >= 4 is 21.6 Å². The monoisotopic (exact) mass is 332 g/mol. The fraction of sp³-hybridized carbons (Fsp3) is 0.133. The lowest BCUT2D eigenvalue weighted by Crippen LogP contribution is -2.01. The number of methoxy groups -OCH3 is 1. The van der Waals surface area contributed by atoms with Crippen molar-refractivity contribution in [2.75, 3.05) is 12.4 Å². The third kappa shape index (κ3) is 3.22. The summed E-state index contributed by atoms with van der Waals surface area (Å²) < 4.78 is 5.89. The van der Waals surface area contributed by atoms with Crippen molar-refractivity contribution in [2.24, 2.45) is 0 Å². The molecule has 0 fully saturated rings. The highest BCUT2D eigenvalue weighted by molar-refractivity contribution is 9.10. The van der Waals surface area contributed by atoms with Crippen molar-refractivity contribution in [1.29, 1.82) is 5.26 Å². The van der Waals surface area contributed by atoms with Gasteiger partial charge in [0.25, 0.3) is 0 Å². The molecule has 0 radical (unpaired) electrons. The second-order valence-corrected chi connectivity index (χ2v) is 5.07. The Morgan fingerprint density at radius 3 is 2.75 bits per heavy atom. The third-order valence-electron chi connectivity index (χ3n) is 2.86. The number of hydrogen-bond acceptors (Lipinski definition) is 4. The van der Waals surface area contributed by atoms with E-state index >= 15 is 0 Å². The van der Waals surface area contributed by atoms with Gasteiger partial charge in [-0.05, 0) is 30.3 Å². The first-order chi connectivity index (χ1) is 9.63. The number of aromatic hydroxyl groups is 1. The van der Waals surface area contributed by atoms with Crippen LogP contribution < -0.4 is 10.1 Å². The van der Waals surface area contributed by atoms with Crippen LogP contribution in [-0.4, -0.2) is 12.2 Å². The van der Waals surface area contributed by atoms with Gasteiger partial charge in [0.1, 0.15) is 17.6 Å². The number of ether oxygens (including phenoxy) is 1. The molecule has 0 bridgehead atoms. The molecule has 20 heavy (non-hydrogen) atoms. The lowest BCUT2D eigenvalue weighted by atomic mass is 10.1. The van der Waals surface area contributed by atoms with Gasteiger partial charge in [-0.15, -0.1) is 0 Å². The van der Waals surface area contributed by atoms with E-state index in [1.165, 1.54) is 0 Å². The van der Waals surface area contributed by atoms with E-state index in [0.717, 1.165) is 15.7 Å². The number of phenols is 1. The van der Waals surface area contributed by atoms with E-state index in [9.17, 15) is 5.11 Å². The first-order valence-corrected chi connectivity index (χ1v) is 6.72. The molecule has 2 aromatic carbocycles. The van der Waals surface area contributed by atoms with Gasteiger partial charge in [-0.25, -0.2) is 0 Å². The highest BCUT2D eigenvalue weighted by atomic mass is 79.9. The highest BCUT2D eigenvalue weighted by Crippen LogP contribution is 2.25. The van der Waals surface area contributed by atoms with Crippen LogP contribution in [0.15, 0.2) is 40.9 Å². The SMILES string of the molecule is COc1ccc(CNc2ccc(Br)cc2C#N)c(O)c1. The molecule has 102 valence electrons. The average molecular weight is 333 g/mol. The number of benzene rings is 2. The third-order valence-corrected chi connectivity index (χ3v) is 3.36. The Balaban J connectivity index is 2.15. The summed E-state index contributed by atoms with van der Waals surface area (Å²) in [6.07, 6.45) is 0. The van der Waals surface area contributed by atoms with Gasteiger partial charge in [0.2, 0.25) is 0 Å². The fourth-order valence-corrected chi connectivity index (χ4v) is 2.13. The number of hydrogen-bond donors (Lipinski definition) is 2. The Morgan fingerprint density at radius 2 is 2.10 bits per heavy atom. The molecule has 5 heteroatoms. The second-order valence-electron chi connectivity index (χ2n) is 4.15. The Bertz CT molecular complexity index is 665. The van der Waals surface area contributed by atoms with Crippen molar-refractivity contribution in [2.45, 2.75) is 6.54 Å². The zero-order valence-electron chi connectivity index (χ0n) is 10.9. The minimum atomic E-state index is 0.160. The highest BCUT2D eigenvalue weighted by Gasteiger charge is 2.06. The van der Waals surface area contributed by atoms with Crippen LogP contribution in [0.1, 0.15) is 11.1 Å². The van der Waals surface area contributed by atoms with Crippen LogP contribution >= 0.6 is 15.9 Å². The summed E-state index contributed by atoms with van der Waals surface area (Å²) in [5, 5.41) is 22.1. The number of anilines is 1. The molecule has 2 rings (SSSR count). The van der Waals surface area contributed by atoms with Crippen LogP contribution in [0.2, 0.25) is 0 Å². The van der Waals surface area contributed by atoms with E-state index in [0.29, 0.717) is 17.9 Å². The lowest BCUT2D eigenvalue weighted by molar-refractivity contribution is 0.406. The Morgan fingerprint density at radius 1 is 1.30 bits per heavy atom. The molecule has 0 aliphatic heterocycles. The first kappa shape index (κ1) is 14.2. The predicted octanol–water partition coefficient (Wildman–Crippen LogP) is 3.65. The van der Waals surface area contributed by atoms with Gasteiger partial charge in [0, 0.05) is 22.6 Å². The summed E-state index contributed by atoms with van der Waals surface area (Å²) in [5.41, 5.74) is 2.01. The summed E-state index contributed by atoms with van der Waals surface area (Å²) >= 11 is 3.33. The molecule has 2 aromatic rings. The minimum Gasteiger partial charge on any atom is -0.507 e. The van der Waals surface area contributed by atoms with Crippen LogP contribution in [0, 0.1) is 11.3 Å². The molecule has 4 nitrogen and oxygen atoms in total. The maximum absolute atomic E-state index is 9.88. The minimum absolute atomic E-state index is 0.160. The fourth-order valence-electron chi connectivity index (χ4n) is 1.77. The Kier molecular flexibility index (Phi) is 4.49. The van der Waals surface area contributed by atoms with E-state index in [2.05, 4.69) is 27.3 Å². The standard InChI is InChI=1S/C15H13BrN2O2/c1-20-13-4-2-10(15(19)7-13)9-18-14-5-3-12(16)6-11(14)8-17/h2-7,18-19H,9H2,1H3. The predicted molar refractivity (Wildman–Crippen MR) is 80.8 cm³/mol. The van der Waals surface area contributed by atoms with E-state index in [4.69, 9.17) is 10.00 Å². The number of rotatable bonds is 4. The smallest absolute Gasteiger partial charge is 0.124 e. The van der Waals surface area contributed by atoms with E-state index in [-0.39, 0.29) is 5.75 Å². The van der Waals surface area contributed by atoms with Crippen molar-refractivity contribution in [3.05, 3.63) is 52.0 Å². The molecule has 0 saturated heterocycles. The van der Waals surface area contributed by atoms with Crippen molar-refractivity contribution in [3.63, 3.8) is 0 Å². The molecule has 0 unspecified atom stereocenters. The lowest BCUT2D eigenvalue weighted by Gasteiger charge is -2.10. The molecule has 2 N–H and O–H groups in total. The average Bonchev–Trinajstić information content (AvgIpc) is 2.46. The summed E-state index contributed by atoms with van der Waals surface area (Å²) in [7, 11) is 1.55. The van der Waals surface area contributed by atoms with Gasteiger partial charge in [-0.3, -0.25) is 0 Å². The molecule has 0 saturated carbocycles. The number of nitrogens with zero attached hydrogens (tertiary/aromatic N) is 1. The van der Waals surface area contributed by atoms with Crippen LogP contribution in [0.25, 0.3) is 0 Å². The van der Waals surface area contributed by atoms with E-state index in [1.54, 1.807) is 31.4 Å². The van der Waals surface area contributed by atoms with Gasteiger partial charge in [0.05, 0.1) is 18.4 Å². The van der Waals surface area contributed by atoms with Crippen LogP contribution in [0.5, 0.6) is 11.5 Å². The first-order valence-electron chi connectivity index (χ1n) is 5.93. The molecular formula is C15H13BrN2O2. The van der Waals surface area contributed by atoms with E-state index in [1.807, 2.05) is 12.1 Å². The topological polar surface area (TPSA) is 65.3 Å². The molecule has 0 amide bonds. The number of nitrogens with one attached hydrogen (secondary N) is 1. The normalized spacial score (nSPS) is 9.85. The van der Waals surface area contributed by atoms with Gasteiger partial charge in [-0.2, -0.15) is 5.26 Å². The largest absolute Gasteiger partial charge is 0.507 e. The van der Waals surface area contributed by atoms with Gasteiger partial charge >= 0.3 is 0 Å². The number of phenolic OH excluding ortho intramolecular Hbond substituents is 1. The van der Waals surface area contributed by atoms with Gasteiger partial charge in [0.15, 0.2) is 0 Å². The van der Waals surface area contributed by atoms with Crippen molar-refractivity contribution in [3.8, 4) is 17.6 Å². The molecule has 0 heterocycles. The maximum atomic E-state index is 9.88. The summed E-state index contributed by atoms with van der Waals surface area (Å²) in [6, 6.07) is 12.7. The summed E-state index contributed by atoms with van der Waals surface area (Å²) in [6.45, 7) is 0.423. The van der Waals surface area contributed by atoms with Crippen molar-refractivity contribution < 1.29 is 9.84 Å². The molecule has 0 atom stereocenters. The number of nitriles is 1. The molecule has 0 aliphatic carbocycles. The van der Waals surface area contributed by atoms with Crippen LogP contribution in [-0.2, 0) is 6.54 Å². The molecule has 0 aliphatic rings. The Hall–Kier alpha value is -2.19.